The van der Waals surface area contributed by atoms with Crippen LogP contribution in [0.15, 0.2) is 47.0 Å². The van der Waals surface area contributed by atoms with Gasteiger partial charge in [-0.2, -0.15) is 4.98 Å². The summed E-state index contributed by atoms with van der Waals surface area (Å²) in [7, 11) is 0. The van der Waals surface area contributed by atoms with Crippen LogP contribution in [-0.2, 0) is 0 Å². The summed E-state index contributed by atoms with van der Waals surface area (Å²) >= 11 is 0. The molecule has 0 aliphatic rings. The Labute approximate surface area is 147 Å². The highest BCUT2D eigenvalue weighted by Gasteiger charge is 2.14. The van der Waals surface area contributed by atoms with Crippen molar-refractivity contribution in [3.63, 3.8) is 0 Å². The molecule has 0 fully saturated rings. The number of rotatable bonds is 4. The minimum atomic E-state index is -0.135. The van der Waals surface area contributed by atoms with Crippen molar-refractivity contribution in [2.45, 2.75) is 33.6 Å². The Hall–Kier alpha value is -2.95. The van der Waals surface area contributed by atoms with Gasteiger partial charge in [0, 0.05) is 16.8 Å². The zero-order valence-electron chi connectivity index (χ0n) is 14.8. The van der Waals surface area contributed by atoms with Gasteiger partial charge in [0.05, 0.1) is 0 Å². The molecule has 0 saturated carbocycles. The quantitative estimate of drug-likeness (QED) is 0.748. The minimum Gasteiger partial charge on any atom is -0.334 e. The van der Waals surface area contributed by atoms with Gasteiger partial charge in [0.15, 0.2) is 5.82 Å². The molecule has 3 aromatic rings. The van der Waals surface area contributed by atoms with Gasteiger partial charge in [-0.15, -0.1) is 0 Å². The van der Waals surface area contributed by atoms with E-state index in [0.29, 0.717) is 23.2 Å². The lowest BCUT2D eigenvalue weighted by Gasteiger charge is -2.16. The van der Waals surface area contributed by atoms with E-state index in [2.05, 4.69) is 29.3 Å². The van der Waals surface area contributed by atoms with Crippen molar-refractivity contribution in [1.29, 1.82) is 0 Å². The number of benzene rings is 2. The van der Waals surface area contributed by atoms with Crippen LogP contribution in [0.1, 0.15) is 47.1 Å². The summed E-state index contributed by atoms with van der Waals surface area (Å²) in [5.74, 6) is 1.23. The number of hydrogen-bond acceptors (Lipinski definition) is 4. The lowest BCUT2D eigenvalue weighted by atomic mass is 9.98. The minimum absolute atomic E-state index is 0.135. The number of nitrogens with one attached hydrogen (secondary N) is 1. The topological polar surface area (TPSA) is 68.0 Å². The molecular weight excluding hydrogens is 314 g/mol. The van der Waals surface area contributed by atoms with Crippen LogP contribution < -0.4 is 5.32 Å². The molecule has 0 unspecified atom stereocenters. The van der Waals surface area contributed by atoms with Crippen LogP contribution in [0.2, 0.25) is 0 Å². The standard InChI is InChI=1S/C20H21N3O2/c1-12(2)17-7-5-6-13(3)18(17)22-19(24)15-8-10-16(11-9-15)20-21-14(4)23-25-20/h5-12H,1-4H3,(H,22,24). The van der Waals surface area contributed by atoms with Gasteiger partial charge in [0.2, 0.25) is 0 Å². The van der Waals surface area contributed by atoms with Crippen LogP contribution in [0.5, 0.6) is 0 Å². The van der Waals surface area contributed by atoms with Crippen molar-refractivity contribution in [3.8, 4) is 11.5 Å². The summed E-state index contributed by atoms with van der Waals surface area (Å²) in [6, 6.07) is 13.2. The maximum atomic E-state index is 12.6. The zero-order valence-corrected chi connectivity index (χ0v) is 14.8. The highest BCUT2D eigenvalue weighted by molar-refractivity contribution is 6.05. The average molecular weight is 335 g/mol. The van der Waals surface area contributed by atoms with Crippen LogP contribution in [0, 0.1) is 13.8 Å². The van der Waals surface area contributed by atoms with Gasteiger partial charge < -0.3 is 9.84 Å². The summed E-state index contributed by atoms with van der Waals surface area (Å²) in [6.07, 6.45) is 0. The number of amides is 1. The van der Waals surface area contributed by atoms with Crippen LogP contribution in [0.25, 0.3) is 11.5 Å². The van der Waals surface area contributed by atoms with Gasteiger partial charge in [-0.05, 0) is 55.2 Å². The first-order valence-electron chi connectivity index (χ1n) is 8.27. The fourth-order valence-corrected chi connectivity index (χ4v) is 2.71. The summed E-state index contributed by atoms with van der Waals surface area (Å²) in [5, 5.41) is 6.83. The van der Waals surface area contributed by atoms with Crippen LogP contribution in [0.4, 0.5) is 5.69 Å². The second-order valence-electron chi connectivity index (χ2n) is 6.37. The predicted octanol–water partition coefficient (Wildman–Crippen LogP) is 4.73. The normalized spacial score (nSPS) is 10.9. The number of aromatic nitrogens is 2. The fourth-order valence-electron chi connectivity index (χ4n) is 2.71. The number of hydrogen-bond donors (Lipinski definition) is 1. The van der Waals surface area contributed by atoms with Crippen molar-refractivity contribution < 1.29 is 9.32 Å². The molecule has 3 rings (SSSR count). The molecule has 0 spiro atoms. The molecule has 5 heteroatoms. The zero-order chi connectivity index (χ0) is 18.0. The third-order valence-corrected chi connectivity index (χ3v) is 4.09. The lowest BCUT2D eigenvalue weighted by molar-refractivity contribution is 0.102. The molecule has 0 saturated heterocycles. The molecule has 0 bridgehead atoms. The number of para-hydroxylation sites is 1. The van der Waals surface area contributed by atoms with Crippen LogP contribution in [-0.4, -0.2) is 16.0 Å². The Balaban J connectivity index is 1.83. The summed E-state index contributed by atoms with van der Waals surface area (Å²) in [5.41, 5.74) is 4.44. The van der Waals surface area contributed by atoms with Gasteiger partial charge in [-0.3, -0.25) is 4.79 Å². The van der Waals surface area contributed by atoms with E-state index in [4.69, 9.17) is 4.52 Å². The third-order valence-electron chi connectivity index (χ3n) is 4.09. The van der Waals surface area contributed by atoms with E-state index in [-0.39, 0.29) is 5.91 Å². The van der Waals surface area contributed by atoms with Crippen molar-refractivity contribution in [3.05, 3.63) is 65.0 Å². The van der Waals surface area contributed by atoms with Crippen LogP contribution in [0.3, 0.4) is 0 Å². The lowest BCUT2D eigenvalue weighted by Crippen LogP contribution is -2.14. The number of carbonyl (C=O) groups excluding carboxylic acids is 1. The predicted molar refractivity (Wildman–Crippen MR) is 97.7 cm³/mol. The number of nitrogens with zero attached hydrogens (tertiary/aromatic N) is 2. The van der Waals surface area contributed by atoms with E-state index in [1.54, 1.807) is 19.1 Å². The Bertz CT molecular complexity index is 896. The molecular formula is C20H21N3O2. The van der Waals surface area contributed by atoms with Crippen molar-refractivity contribution >= 4 is 11.6 Å². The molecule has 2 aromatic carbocycles. The molecule has 5 nitrogen and oxygen atoms in total. The van der Waals surface area contributed by atoms with E-state index >= 15 is 0 Å². The summed E-state index contributed by atoms with van der Waals surface area (Å²) in [6.45, 7) is 8.00. The smallest absolute Gasteiger partial charge is 0.257 e. The first-order chi connectivity index (χ1) is 12.0. The van der Waals surface area contributed by atoms with Gasteiger partial charge in [0.1, 0.15) is 0 Å². The second kappa shape index (κ2) is 6.89. The first-order valence-corrected chi connectivity index (χ1v) is 8.27. The van der Waals surface area contributed by atoms with Crippen molar-refractivity contribution in [2.75, 3.05) is 5.32 Å². The largest absolute Gasteiger partial charge is 0.334 e. The molecule has 1 N–H and O–H groups in total. The number of anilines is 1. The van der Waals surface area contributed by atoms with Crippen LogP contribution >= 0.6 is 0 Å². The third kappa shape index (κ3) is 3.60. The van der Waals surface area contributed by atoms with Crippen molar-refractivity contribution in [1.82, 2.24) is 10.1 Å². The average Bonchev–Trinajstić information content (AvgIpc) is 3.03. The van der Waals surface area contributed by atoms with E-state index in [0.717, 1.165) is 22.4 Å². The van der Waals surface area contributed by atoms with Gasteiger partial charge in [-0.1, -0.05) is 37.2 Å². The van der Waals surface area contributed by atoms with E-state index in [1.807, 2.05) is 37.3 Å². The molecule has 0 radical (unpaired) electrons. The van der Waals surface area contributed by atoms with E-state index in [9.17, 15) is 4.79 Å². The summed E-state index contributed by atoms with van der Waals surface area (Å²) < 4.78 is 5.14. The molecule has 128 valence electrons. The molecule has 0 atom stereocenters. The van der Waals surface area contributed by atoms with Gasteiger partial charge >= 0.3 is 0 Å². The maximum absolute atomic E-state index is 12.6. The molecule has 1 aromatic heterocycles. The number of aryl methyl sites for hydroxylation is 2. The Morgan fingerprint density at radius 2 is 1.80 bits per heavy atom. The number of carbonyl (C=O) groups is 1. The fraction of sp³-hybridized carbons (Fsp3) is 0.250. The van der Waals surface area contributed by atoms with Gasteiger partial charge in [0.25, 0.3) is 11.8 Å². The summed E-state index contributed by atoms with van der Waals surface area (Å²) in [4.78, 5) is 16.8. The first kappa shape index (κ1) is 16.9. The Morgan fingerprint density at radius 3 is 2.40 bits per heavy atom. The van der Waals surface area contributed by atoms with E-state index < -0.39 is 0 Å². The Morgan fingerprint density at radius 1 is 1.08 bits per heavy atom. The monoisotopic (exact) mass is 335 g/mol. The molecule has 25 heavy (non-hydrogen) atoms. The SMILES string of the molecule is Cc1noc(-c2ccc(C(=O)Nc3c(C)cccc3C(C)C)cc2)n1. The highest BCUT2D eigenvalue weighted by atomic mass is 16.5. The molecule has 1 amide bonds. The maximum Gasteiger partial charge on any atom is 0.257 e. The highest BCUT2D eigenvalue weighted by Crippen LogP contribution is 2.28. The second-order valence-corrected chi connectivity index (χ2v) is 6.37. The van der Waals surface area contributed by atoms with Gasteiger partial charge in [-0.25, -0.2) is 0 Å². The van der Waals surface area contributed by atoms with E-state index in [1.165, 1.54) is 0 Å². The van der Waals surface area contributed by atoms with Crippen molar-refractivity contribution in [2.24, 2.45) is 0 Å². The Kier molecular flexibility index (Phi) is 4.65. The molecule has 0 aliphatic carbocycles. The molecule has 0 aliphatic heterocycles. The molecule has 1 heterocycles.